The first kappa shape index (κ1) is 15.8. The summed E-state index contributed by atoms with van der Waals surface area (Å²) in [6.45, 7) is 2.70. The van der Waals surface area contributed by atoms with E-state index in [9.17, 15) is 18.3 Å². The van der Waals surface area contributed by atoms with Gasteiger partial charge < -0.3 is 5.11 Å². The summed E-state index contributed by atoms with van der Waals surface area (Å²) in [7, 11) is -3.11. The van der Waals surface area contributed by atoms with E-state index in [1.807, 2.05) is 11.8 Å². The van der Waals surface area contributed by atoms with Gasteiger partial charge in [0, 0.05) is 12.3 Å². The second-order valence-electron chi connectivity index (χ2n) is 6.25. The molecule has 1 saturated carbocycles. The highest BCUT2D eigenvalue weighted by atomic mass is 32.2. The summed E-state index contributed by atoms with van der Waals surface area (Å²) < 4.78 is 23.9. The number of rotatable bonds is 5. The van der Waals surface area contributed by atoms with Crippen LogP contribution in [0.5, 0.6) is 0 Å². The van der Waals surface area contributed by atoms with Crippen LogP contribution in [0.3, 0.4) is 0 Å². The molecule has 0 bridgehead atoms. The minimum absolute atomic E-state index is 0.116. The molecule has 1 N–H and O–H groups in total. The van der Waals surface area contributed by atoms with Crippen molar-refractivity contribution in [2.75, 3.05) is 12.8 Å². The predicted octanol–water partition coefficient (Wildman–Crippen LogP) is 1.67. The van der Waals surface area contributed by atoms with E-state index in [0.717, 1.165) is 25.7 Å². The summed E-state index contributed by atoms with van der Waals surface area (Å²) in [4.78, 5) is 13.9. The van der Waals surface area contributed by atoms with Crippen LogP contribution in [0.2, 0.25) is 0 Å². The third kappa shape index (κ3) is 2.60. The molecule has 2 aliphatic rings. The topological polar surface area (TPSA) is 74.7 Å². The summed E-state index contributed by atoms with van der Waals surface area (Å²) in [5.74, 6) is -0.781. The van der Waals surface area contributed by atoms with Gasteiger partial charge in [-0.1, -0.05) is 19.8 Å². The van der Waals surface area contributed by atoms with E-state index in [4.69, 9.17) is 0 Å². The highest BCUT2D eigenvalue weighted by molar-refractivity contribution is 7.91. The minimum Gasteiger partial charge on any atom is -0.480 e. The van der Waals surface area contributed by atoms with Crippen LogP contribution in [0.15, 0.2) is 0 Å². The molecule has 1 heterocycles. The highest BCUT2D eigenvalue weighted by Gasteiger charge is 2.53. The molecule has 1 saturated heterocycles. The Morgan fingerprint density at radius 3 is 2.60 bits per heavy atom. The van der Waals surface area contributed by atoms with Gasteiger partial charge in [-0.15, -0.1) is 0 Å². The van der Waals surface area contributed by atoms with Crippen molar-refractivity contribution in [3.05, 3.63) is 0 Å². The third-order valence-corrected chi connectivity index (χ3v) is 6.62. The van der Waals surface area contributed by atoms with E-state index in [-0.39, 0.29) is 6.04 Å². The van der Waals surface area contributed by atoms with Crippen LogP contribution in [0.25, 0.3) is 0 Å². The molecule has 1 aliphatic carbocycles. The van der Waals surface area contributed by atoms with Crippen LogP contribution in [0.1, 0.15) is 51.9 Å². The lowest BCUT2D eigenvalue weighted by atomic mass is 9.89. The first-order valence-corrected chi connectivity index (χ1v) is 9.47. The summed E-state index contributed by atoms with van der Waals surface area (Å²) >= 11 is 0. The summed E-state index contributed by atoms with van der Waals surface area (Å²) in [6, 6.07) is -0.116. The number of carboxylic acids is 1. The second kappa shape index (κ2) is 5.64. The largest absolute Gasteiger partial charge is 0.480 e. The number of aliphatic carboxylic acids is 1. The maximum absolute atomic E-state index is 12.0. The van der Waals surface area contributed by atoms with Crippen molar-refractivity contribution in [1.29, 1.82) is 0 Å². The second-order valence-corrected chi connectivity index (χ2v) is 8.51. The van der Waals surface area contributed by atoms with Gasteiger partial charge in [0.2, 0.25) is 0 Å². The number of nitrogens with zero attached hydrogens (tertiary/aromatic N) is 1. The first-order chi connectivity index (χ1) is 9.33. The average Bonchev–Trinajstić information content (AvgIpc) is 2.93. The highest BCUT2D eigenvalue weighted by Crippen LogP contribution is 2.41. The lowest BCUT2D eigenvalue weighted by molar-refractivity contribution is -0.151. The van der Waals surface area contributed by atoms with E-state index in [0.29, 0.717) is 25.8 Å². The monoisotopic (exact) mass is 303 g/mol. The van der Waals surface area contributed by atoms with Crippen molar-refractivity contribution in [1.82, 2.24) is 4.90 Å². The zero-order valence-corrected chi connectivity index (χ0v) is 13.2. The van der Waals surface area contributed by atoms with Gasteiger partial charge in [0.05, 0.1) is 5.25 Å². The Morgan fingerprint density at radius 2 is 2.05 bits per heavy atom. The molecular weight excluding hydrogens is 278 g/mol. The van der Waals surface area contributed by atoms with E-state index in [2.05, 4.69) is 0 Å². The van der Waals surface area contributed by atoms with Gasteiger partial charge >= 0.3 is 5.97 Å². The van der Waals surface area contributed by atoms with Gasteiger partial charge in [0.25, 0.3) is 0 Å². The normalized spacial score (nSPS) is 35.5. The van der Waals surface area contributed by atoms with Crippen molar-refractivity contribution in [3.8, 4) is 0 Å². The molecule has 0 aromatic heterocycles. The van der Waals surface area contributed by atoms with Crippen LogP contribution in [-0.4, -0.2) is 54.0 Å². The lowest BCUT2D eigenvalue weighted by Crippen LogP contribution is -2.57. The van der Waals surface area contributed by atoms with Crippen LogP contribution < -0.4 is 0 Å². The zero-order chi connectivity index (χ0) is 15.0. The zero-order valence-electron chi connectivity index (χ0n) is 12.3. The fourth-order valence-corrected chi connectivity index (χ4v) is 5.61. The molecule has 6 heteroatoms. The van der Waals surface area contributed by atoms with Gasteiger partial charge in [0.15, 0.2) is 9.84 Å². The standard InChI is InChI=1S/C14H25NO4S/c1-3-8-14(13(16)17)9-5-10-15(14)11-6-4-7-12(11)20(2,18)19/h11-12H,3-10H2,1-2H3,(H,16,17). The van der Waals surface area contributed by atoms with E-state index in [1.54, 1.807) is 0 Å². The fraction of sp³-hybridized carbons (Fsp3) is 0.929. The van der Waals surface area contributed by atoms with E-state index in [1.165, 1.54) is 6.26 Å². The minimum atomic E-state index is -3.11. The summed E-state index contributed by atoms with van der Waals surface area (Å²) in [6.07, 6.45) is 6.53. The van der Waals surface area contributed by atoms with Gasteiger partial charge in [-0.05, 0) is 38.6 Å². The molecule has 3 unspecified atom stereocenters. The first-order valence-electron chi connectivity index (χ1n) is 7.52. The summed E-state index contributed by atoms with van der Waals surface area (Å²) in [5, 5.41) is 9.33. The third-order valence-electron chi connectivity index (χ3n) is 4.97. The molecule has 0 amide bonds. The van der Waals surface area contributed by atoms with Crippen molar-refractivity contribution < 1.29 is 18.3 Å². The molecule has 0 spiro atoms. The van der Waals surface area contributed by atoms with E-state index >= 15 is 0 Å². The fourth-order valence-electron chi connectivity index (χ4n) is 4.16. The Balaban J connectivity index is 2.32. The molecular formula is C14H25NO4S. The van der Waals surface area contributed by atoms with Crippen molar-refractivity contribution >= 4 is 15.8 Å². The van der Waals surface area contributed by atoms with Crippen LogP contribution in [-0.2, 0) is 14.6 Å². The van der Waals surface area contributed by atoms with E-state index < -0.39 is 26.6 Å². The number of carboxylic acid groups (broad SMARTS) is 1. The molecule has 2 rings (SSSR count). The maximum atomic E-state index is 12.0. The van der Waals surface area contributed by atoms with Crippen LogP contribution in [0.4, 0.5) is 0 Å². The van der Waals surface area contributed by atoms with Gasteiger partial charge in [-0.25, -0.2) is 8.42 Å². The Bertz CT molecular complexity index is 476. The molecule has 20 heavy (non-hydrogen) atoms. The molecule has 5 nitrogen and oxygen atoms in total. The van der Waals surface area contributed by atoms with Crippen molar-refractivity contribution in [2.24, 2.45) is 0 Å². The predicted molar refractivity (Wildman–Crippen MR) is 77.5 cm³/mol. The Labute approximate surface area is 121 Å². The van der Waals surface area contributed by atoms with Crippen LogP contribution in [0, 0.1) is 0 Å². The molecule has 2 fully saturated rings. The number of hydrogen-bond donors (Lipinski definition) is 1. The number of hydrogen-bond acceptors (Lipinski definition) is 4. The average molecular weight is 303 g/mol. The molecule has 0 aromatic rings. The molecule has 3 atom stereocenters. The van der Waals surface area contributed by atoms with Crippen molar-refractivity contribution in [2.45, 2.75) is 68.7 Å². The smallest absolute Gasteiger partial charge is 0.324 e. The van der Waals surface area contributed by atoms with Gasteiger partial charge in [-0.3, -0.25) is 9.69 Å². The maximum Gasteiger partial charge on any atom is 0.324 e. The quantitative estimate of drug-likeness (QED) is 0.836. The molecule has 0 radical (unpaired) electrons. The molecule has 1 aliphatic heterocycles. The lowest BCUT2D eigenvalue weighted by Gasteiger charge is -2.40. The Hall–Kier alpha value is -0.620. The molecule has 116 valence electrons. The van der Waals surface area contributed by atoms with Gasteiger partial charge in [0.1, 0.15) is 5.54 Å². The van der Waals surface area contributed by atoms with Crippen LogP contribution >= 0.6 is 0 Å². The number of likely N-dealkylation sites (tertiary alicyclic amines) is 1. The SMILES string of the molecule is CCCC1(C(=O)O)CCCN1C1CCCC1S(C)(=O)=O. The van der Waals surface area contributed by atoms with Crippen molar-refractivity contribution in [3.63, 3.8) is 0 Å². The number of sulfone groups is 1. The number of carbonyl (C=O) groups is 1. The Morgan fingerprint density at radius 1 is 1.35 bits per heavy atom. The van der Waals surface area contributed by atoms with Gasteiger partial charge in [-0.2, -0.15) is 0 Å². The Kier molecular flexibility index (Phi) is 4.44. The summed E-state index contributed by atoms with van der Waals surface area (Å²) in [5.41, 5.74) is -0.841. The molecule has 0 aromatic carbocycles.